The maximum atomic E-state index is 12.9. The van der Waals surface area contributed by atoms with Crippen LogP contribution in [0.4, 0.5) is 0 Å². The van der Waals surface area contributed by atoms with Crippen LogP contribution in [0.2, 0.25) is 0 Å². The van der Waals surface area contributed by atoms with E-state index in [4.69, 9.17) is 10.5 Å². The summed E-state index contributed by atoms with van der Waals surface area (Å²) in [6.07, 6.45) is 3.69. The summed E-state index contributed by atoms with van der Waals surface area (Å²) in [6.45, 7) is 5.52. The zero-order chi connectivity index (χ0) is 18.9. The number of hydrogen-bond acceptors (Lipinski definition) is 4. The second-order valence-electron chi connectivity index (χ2n) is 7.03. The van der Waals surface area contributed by atoms with Crippen molar-refractivity contribution in [3.05, 3.63) is 29.8 Å². The third-order valence-electron chi connectivity index (χ3n) is 4.53. The van der Waals surface area contributed by atoms with Crippen molar-refractivity contribution in [2.45, 2.75) is 58.1 Å². The van der Waals surface area contributed by atoms with E-state index in [1.807, 2.05) is 43.0 Å². The molecule has 0 saturated carbocycles. The lowest BCUT2D eigenvalue weighted by Crippen LogP contribution is -2.50. The van der Waals surface area contributed by atoms with Crippen molar-refractivity contribution in [2.24, 2.45) is 5.73 Å². The summed E-state index contributed by atoms with van der Waals surface area (Å²) in [6, 6.07) is 7.75. The van der Waals surface area contributed by atoms with Gasteiger partial charge in [0.15, 0.2) is 0 Å². The second kappa shape index (κ2) is 10.2. The maximum absolute atomic E-state index is 12.9. The number of carbonyl (C=O) groups is 2. The lowest BCUT2D eigenvalue weighted by atomic mass is 10.0. The summed E-state index contributed by atoms with van der Waals surface area (Å²) in [5.74, 6) is 0.796. The number of ether oxygens (including phenoxy) is 1. The molecule has 1 fully saturated rings. The van der Waals surface area contributed by atoms with E-state index in [1.54, 1.807) is 0 Å². The normalized spacial score (nSPS) is 17.2. The summed E-state index contributed by atoms with van der Waals surface area (Å²) in [5, 5.41) is 2.90. The number of benzene rings is 1. The fourth-order valence-corrected chi connectivity index (χ4v) is 3.28. The van der Waals surface area contributed by atoms with Crippen LogP contribution in [0.25, 0.3) is 0 Å². The van der Waals surface area contributed by atoms with Gasteiger partial charge in [-0.25, -0.2) is 0 Å². The molecular formula is C20H31N3O3. The first-order valence-electron chi connectivity index (χ1n) is 9.52. The molecule has 6 nitrogen and oxygen atoms in total. The van der Waals surface area contributed by atoms with Gasteiger partial charge >= 0.3 is 0 Å². The topological polar surface area (TPSA) is 84.7 Å². The molecule has 0 aromatic heterocycles. The van der Waals surface area contributed by atoms with Gasteiger partial charge in [0.2, 0.25) is 11.8 Å². The fraction of sp³-hybridized carbons (Fsp3) is 0.600. The Morgan fingerprint density at radius 2 is 2.08 bits per heavy atom. The quantitative estimate of drug-likeness (QED) is 0.740. The lowest BCUT2D eigenvalue weighted by Gasteiger charge is -2.36. The Kier molecular flexibility index (Phi) is 7.91. The van der Waals surface area contributed by atoms with Crippen molar-refractivity contribution in [3.8, 4) is 5.75 Å². The minimum Gasteiger partial charge on any atom is -0.491 e. The van der Waals surface area contributed by atoms with Gasteiger partial charge in [-0.15, -0.1) is 0 Å². The summed E-state index contributed by atoms with van der Waals surface area (Å²) < 4.78 is 5.83. The van der Waals surface area contributed by atoms with Gasteiger partial charge in [0.1, 0.15) is 5.75 Å². The molecule has 1 unspecified atom stereocenters. The molecular weight excluding hydrogens is 330 g/mol. The molecule has 144 valence electrons. The third kappa shape index (κ3) is 6.02. The number of nitrogens with zero attached hydrogens (tertiary/aromatic N) is 1. The van der Waals surface area contributed by atoms with Gasteiger partial charge in [-0.3, -0.25) is 9.59 Å². The highest BCUT2D eigenvalue weighted by Crippen LogP contribution is 2.23. The number of piperidine rings is 1. The van der Waals surface area contributed by atoms with E-state index in [2.05, 4.69) is 5.32 Å². The van der Waals surface area contributed by atoms with Crippen molar-refractivity contribution < 1.29 is 14.3 Å². The molecule has 1 atom stereocenters. The van der Waals surface area contributed by atoms with Gasteiger partial charge in [0.05, 0.1) is 12.5 Å². The molecule has 1 saturated heterocycles. The molecule has 1 aromatic rings. The first-order valence-corrected chi connectivity index (χ1v) is 9.52. The number of amides is 2. The molecule has 2 amide bonds. The van der Waals surface area contributed by atoms with Crippen LogP contribution in [0, 0.1) is 0 Å². The summed E-state index contributed by atoms with van der Waals surface area (Å²) in [4.78, 5) is 26.5. The predicted molar refractivity (Wildman–Crippen MR) is 102 cm³/mol. The van der Waals surface area contributed by atoms with E-state index in [9.17, 15) is 9.59 Å². The largest absolute Gasteiger partial charge is 0.491 e. The van der Waals surface area contributed by atoms with E-state index in [1.165, 1.54) is 0 Å². The third-order valence-corrected chi connectivity index (χ3v) is 4.53. The highest BCUT2D eigenvalue weighted by molar-refractivity contribution is 5.80. The molecule has 2 rings (SSSR count). The minimum absolute atomic E-state index is 0.0520. The van der Waals surface area contributed by atoms with Crippen LogP contribution in [-0.2, 0) is 16.0 Å². The number of likely N-dealkylation sites (tertiary alicyclic amines) is 1. The standard InChI is InChI=1S/C20H31N3O3/c1-15(2)26-18-9-4-3-7-16(18)13-20(25)23-12-6-5-8-17(23)14-22-19(24)10-11-21/h3-4,7,9,15,17H,5-6,8,10-14,21H2,1-2H3,(H,22,24). The van der Waals surface area contributed by atoms with Crippen molar-refractivity contribution >= 4 is 11.8 Å². The number of nitrogens with one attached hydrogen (secondary N) is 1. The monoisotopic (exact) mass is 361 g/mol. The number of hydrogen-bond donors (Lipinski definition) is 2. The molecule has 1 aliphatic heterocycles. The van der Waals surface area contributed by atoms with Crippen LogP contribution in [0.5, 0.6) is 5.75 Å². The van der Waals surface area contributed by atoms with Crippen LogP contribution in [0.15, 0.2) is 24.3 Å². The summed E-state index contributed by atoms with van der Waals surface area (Å²) in [7, 11) is 0. The van der Waals surface area contributed by atoms with Gasteiger partial charge in [0.25, 0.3) is 0 Å². The Balaban J connectivity index is 2.01. The summed E-state index contributed by atoms with van der Waals surface area (Å²) >= 11 is 0. The Hall–Kier alpha value is -2.08. The molecule has 1 heterocycles. The summed E-state index contributed by atoms with van der Waals surface area (Å²) in [5.41, 5.74) is 6.32. The lowest BCUT2D eigenvalue weighted by molar-refractivity contribution is -0.134. The molecule has 0 bridgehead atoms. The Morgan fingerprint density at radius 1 is 1.31 bits per heavy atom. The van der Waals surface area contributed by atoms with Gasteiger partial charge in [0, 0.05) is 37.7 Å². The van der Waals surface area contributed by atoms with Gasteiger partial charge in [-0.05, 0) is 39.2 Å². The molecule has 6 heteroatoms. The predicted octanol–water partition coefficient (Wildman–Crippen LogP) is 1.86. The molecule has 26 heavy (non-hydrogen) atoms. The second-order valence-corrected chi connectivity index (χ2v) is 7.03. The molecule has 1 aliphatic rings. The SMILES string of the molecule is CC(C)Oc1ccccc1CC(=O)N1CCCCC1CNC(=O)CCN. The Morgan fingerprint density at radius 3 is 2.81 bits per heavy atom. The number of carbonyl (C=O) groups excluding carboxylic acids is 2. The highest BCUT2D eigenvalue weighted by atomic mass is 16.5. The molecule has 0 aliphatic carbocycles. The number of nitrogens with two attached hydrogens (primary N) is 1. The van der Waals surface area contributed by atoms with Gasteiger partial charge in [-0.1, -0.05) is 18.2 Å². The zero-order valence-electron chi connectivity index (χ0n) is 15.9. The Bertz CT molecular complexity index is 604. The van der Waals surface area contributed by atoms with Gasteiger partial charge in [-0.2, -0.15) is 0 Å². The van der Waals surface area contributed by atoms with E-state index in [0.29, 0.717) is 25.9 Å². The zero-order valence-corrected chi connectivity index (χ0v) is 15.9. The van der Waals surface area contributed by atoms with Crippen molar-refractivity contribution in [3.63, 3.8) is 0 Å². The van der Waals surface area contributed by atoms with Gasteiger partial charge < -0.3 is 20.7 Å². The van der Waals surface area contributed by atoms with Crippen molar-refractivity contribution in [1.29, 1.82) is 0 Å². The number of para-hydroxylation sites is 1. The minimum atomic E-state index is -0.0545. The molecule has 3 N–H and O–H groups in total. The van der Waals surface area contributed by atoms with Crippen LogP contribution >= 0.6 is 0 Å². The smallest absolute Gasteiger partial charge is 0.227 e. The van der Waals surface area contributed by atoms with E-state index in [0.717, 1.165) is 37.1 Å². The van der Waals surface area contributed by atoms with Crippen LogP contribution in [0.3, 0.4) is 0 Å². The van der Waals surface area contributed by atoms with Crippen molar-refractivity contribution in [1.82, 2.24) is 10.2 Å². The highest BCUT2D eigenvalue weighted by Gasteiger charge is 2.27. The number of rotatable bonds is 8. The average Bonchev–Trinajstić information content (AvgIpc) is 2.61. The van der Waals surface area contributed by atoms with Crippen LogP contribution in [0.1, 0.15) is 45.1 Å². The molecule has 0 spiro atoms. The van der Waals surface area contributed by atoms with E-state index in [-0.39, 0.29) is 24.0 Å². The van der Waals surface area contributed by atoms with E-state index < -0.39 is 0 Å². The van der Waals surface area contributed by atoms with Crippen LogP contribution < -0.4 is 15.8 Å². The molecule has 1 aromatic carbocycles. The first kappa shape index (κ1) is 20.2. The van der Waals surface area contributed by atoms with Crippen LogP contribution in [-0.4, -0.2) is 48.5 Å². The van der Waals surface area contributed by atoms with Crippen molar-refractivity contribution in [2.75, 3.05) is 19.6 Å². The Labute approximate surface area is 156 Å². The average molecular weight is 361 g/mol. The maximum Gasteiger partial charge on any atom is 0.227 e. The van der Waals surface area contributed by atoms with E-state index >= 15 is 0 Å². The fourth-order valence-electron chi connectivity index (χ4n) is 3.28. The first-order chi connectivity index (χ1) is 12.5. The molecule has 0 radical (unpaired) electrons.